The summed E-state index contributed by atoms with van der Waals surface area (Å²) in [5.74, 6) is -2.17. The summed E-state index contributed by atoms with van der Waals surface area (Å²) in [6.45, 7) is 8.31. The quantitative estimate of drug-likeness (QED) is 0.546. The number of hydrogen-bond donors (Lipinski definition) is 3. The third-order valence-corrected chi connectivity index (χ3v) is 5.88. The zero-order chi connectivity index (χ0) is 22.8. The van der Waals surface area contributed by atoms with Crippen molar-refractivity contribution in [1.82, 2.24) is 0 Å². The van der Waals surface area contributed by atoms with Crippen molar-refractivity contribution in [2.45, 2.75) is 76.9 Å². The second-order valence-corrected chi connectivity index (χ2v) is 9.99. The number of ether oxygens (including phenoxy) is 5. The molecule has 11 nitrogen and oxygen atoms in total. The van der Waals surface area contributed by atoms with Crippen molar-refractivity contribution >= 4 is 21.7 Å². The molecular weight excluding hydrogens is 430 g/mol. The van der Waals surface area contributed by atoms with Gasteiger partial charge in [0, 0.05) is 0 Å². The van der Waals surface area contributed by atoms with Gasteiger partial charge in [-0.25, -0.2) is 0 Å². The van der Waals surface area contributed by atoms with Gasteiger partial charge in [-0.2, -0.15) is 8.42 Å². The molecule has 172 valence electrons. The van der Waals surface area contributed by atoms with E-state index in [0.717, 1.165) is 0 Å². The minimum absolute atomic E-state index is 0.193. The molecule has 4 rings (SSSR count). The van der Waals surface area contributed by atoms with Gasteiger partial charge in [0.2, 0.25) is 0 Å². The van der Waals surface area contributed by atoms with Crippen molar-refractivity contribution in [2.75, 3.05) is 4.72 Å². The fourth-order valence-corrected chi connectivity index (χ4v) is 4.84. The highest BCUT2D eigenvalue weighted by molar-refractivity contribution is 7.91. The molecule has 3 aliphatic heterocycles. The maximum Gasteiger partial charge on any atom is 0.344 e. The number of benzene rings is 1. The van der Waals surface area contributed by atoms with Crippen molar-refractivity contribution in [1.29, 1.82) is 0 Å². The average molecular weight is 458 g/mol. The third kappa shape index (κ3) is 4.49. The number of aliphatic hydroxyl groups is 1. The standard InChI is InChI=1S/C19H27N3O8S/c1-9(28-18(2,3)23)13-14(15-17(27-13)30-19(4,5)29-15)26-11-8-6-7-10-12(11)16(20)22-31(24,25)21-10/h6-9,13-15,17,21,23H,1-5H3,(H2,20,22). The molecule has 4 N–H and O–H groups in total. The van der Waals surface area contributed by atoms with Crippen LogP contribution in [0.15, 0.2) is 22.6 Å². The Morgan fingerprint density at radius 3 is 2.71 bits per heavy atom. The Hall–Kier alpha value is -1.96. The molecule has 12 heteroatoms. The van der Waals surface area contributed by atoms with Crippen LogP contribution in [-0.2, 0) is 29.2 Å². The van der Waals surface area contributed by atoms with Crippen LogP contribution in [0.25, 0.3) is 0 Å². The second kappa shape index (κ2) is 7.29. The van der Waals surface area contributed by atoms with E-state index in [9.17, 15) is 13.5 Å². The molecule has 31 heavy (non-hydrogen) atoms. The van der Waals surface area contributed by atoms with Crippen LogP contribution in [-0.4, -0.2) is 61.6 Å². The summed E-state index contributed by atoms with van der Waals surface area (Å²) in [7, 11) is -3.92. The van der Waals surface area contributed by atoms with E-state index in [1.807, 2.05) is 0 Å². The fraction of sp³-hybridized carbons (Fsp3) is 0.632. The van der Waals surface area contributed by atoms with E-state index < -0.39 is 52.5 Å². The van der Waals surface area contributed by atoms with Gasteiger partial charge in [-0.05, 0) is 46.8 Å². The van der Waals surface area contributed by atoms with Gasteiger partial charge in [-0.15, -0.1) is 4.40 Å². The molecule has 0 spiro atoms. The zero-order valence-corrected chi connectivity index (χ0v) is 18.7. The van der Waals surface area contributed by atoms with Gasteiger partial charge in [-0.3, -0.25) is 4.72 Å². The summed E-state index contributed by atoms with van der Waals surface area (Å²) in [5.41, 5.74) is 6.50. The largest absolute Gasteiger partial charge is 0.484 e. The maximum absolute atomic E-state index is 11.9. The monoisotopic (exact) mass is 457 g/mol. The molecule has 0 saturated carbocycles. The van der Waals surface area contributed by atoms with Crippen LogP contribution in [0.4, 0.5) is 5.69 Å². The first-order valence-corrected chi connectivity index (χ1v) is 11.3. The summed E-state index contributed by atoms with van der Waals surface area (Å²) in [6.07, 6.45) is -3.26. The first-order valence-electron chi connectivity index (χ1n) is 9.84. The summed E-state index contributed by atoms with van der Waals surface area (Å²) >= 11 is 0. The third-order valence-electron chi connectivity index (χ3n) is 4.97. The number of hydrogen-bond acceptors (Lipinski definition) is 9. The molecule has 0 aromatic heterocycles. The molecule has 2 saturated heterocycles. The lowest BCUT2D eigenvalue weighted by Gasteiger charge is -2.33. The Morgan fingerprint density at radius 2 is 2.03 bits per heavy atom. The molecule has 5 unspecified atom stereocenters. The highest BCUT2D eigenvalue weighted by atomic mass is 32.2. The minimum atomic E-state index is -3.92. The van der Waals surface area contributed by atoms with Crippen LogP contribution in [0.1, 0.15) is 40.2 Å². The van der Waals surface area contributed by atoms with Crippen LogP contribution < -0.4 is 15.2 Å². The molecule has 0 radical (unpaired) electrons. The van der Waals surface area contributed by atoms with Gasteiger partial charge < -0.3 is 34.5 Å². The second-order valence-electron chi connectivity index (χ2n) is 8.65. The van der Waals surface area contributed by atoms with E-state index in [-0.39, 0.29) is 11.5 Å². The van der Waals surface area contributed by atoms with Crippen molar-refractivity contribution in [3.8, 4) is 5.75 Å². The lowest BCUT2D eigenvalue weighted by molar-refractivity contribution is -0.258. The van der Waals surface area contributed by atoms with Crippen molar-refractivity contribution in [3.05, 3.63) is 23.8 Å². The van der Waals surface area contributed by atoms with E-state index >= 15 is 0 Å². The molecule has 0 bridgehead atoms. The van der Waals surface area contributed by atoms with E-state index in [4.69, 9.17) is 29.4 Å². The number of fused-ring (bicyclic) bond motifs is 2. The predicted molar refractivity (Wildman–Crippen MR) is 110 cm³/mol. The highest BCUT2D eigenvalue weighted by Gasteiger charge is 2.58. The zero-order valence-electron chi connectivity index (χ0n) is 17.9. The Kier molecular flexibility index (Phi) is 5.23. The van der Waals surface area contributed by atoms with Crippen LogP contribution >= 0.6 is 0 Å². The first-order chi connectivity index (χ1) is 14.2. The number of rotatable bonds is 5. The van der Waals surface area contributed by atoms with E-state index in [2.05, 4.69) is 9.12 Å². The van der Waals surface area contributed by atoms with E-state index in [1.165, 1.54) is 13.8 Å². The lowest BCUT2D eigenvalue weighted by Crippen LogP contribution is -2.47. The molecule has 3 aliphatic rings. The number of nitrogens with one attached hydrogen (secondary N) is 1. The SMILES string of the molecule is CC(OC(C)(C)O)C1OC2OC(C)(C)OC2C1Oc1cccc2c1C(N)=NS(=O)(=O)N2. The summed E-state index contributed by atoms with van der Waals surface area (Å²) in [6, 6.07) is 4.84. The van der Waals surface area contributed by atoms with Crippen molar-refractivity contribution in [2.24, 2.45) is 10.1 Å². The first kappa shape index (κ1) is 22.2. The van der Waals surface area contributed by atoms with Crippen LogP contribution in [0, 0.1) is 0 Å². The Morgan fingerprint density at radius 1 is 1.32 bits per heavy atom. The van der Waals surface area contributed by atoms with Crippen molar-refractivity contribution in [3.63, 3.8) is 0 Å². The van der Waals surface area contributed by atoms with E-state index in [1.54, 1.807) is 39.0 Å². The van der Waals surface area contributed by atoms with Gasteiger partial charge in [0.15, 0.2) is 35.9 Å². The Bertz CT molecular complexity index is 1000. The summed E-state index contributed by atoms with van der Waals surface area (Å²) in [5, 5.41) is 10.1. The van der Waals surface area contributed by atoms with Gasteiger partial charge in [0.1, 0.15) is 11.9 Å². The minimum Gasteiger partial charge on any atom is -0.484 e. The van der Waals surface area contributed by atoms with E-state index in [0.29, 0.717) is 11.3 Å². The summed E-state index contributed by atoms with van der Waals surface area (Å²) < 4.78 is 59.4. The van der Waals surface area contributed by atoms with Crippen molar-refractivity contribution < 1.29 is 37.2 Å². The average Bonchev–Trinajstić information content (AvgIpc) is 3.05. The highest BCUT2D eigenvalue weighted by Crippen LogP contribution is 2.42. The lowest BCUT2D eigenvalue weighted by atomic mass is 10.1. The molecule has 0 amide bonds. The molecule has 1 aromatic rings. The molecular formula is C19H27N3O8S. The number of anilines is 1. The van der Waals surface area contributed by atoms with Gasteiger partial charge in [0.05, 0.1) is 17.4 Å². The van der Waals surface area contributed by atoms with Gasteiger partial charge >= 0.3 is 10.2 Å². The van der Waals surface area contributed by atoms with Crippen LogP contribution in [0.5, 0.6) is 5.75 Å². The number of nitrogens with two attached hydrogens (primary N) is 1. The molecule has 3 heterocycles. The molecule has 2 fully saturated rings. The van der Waals surface area contributed by atoms with Gasteiger partial charge in [0.25, 0.3) is 0 Å². The smallest absolute Gasteiger partial charge is 0.344 e. The molecule has 1 aromatic carbocycles. The Labute approximate surface area is 180 Å². The maximum atomic E-state index is 11.9. The van der Waals surface area contributed by atoms with Crippen LogP contribution in [0.3, 0.4) is 0 Å². The normalized spacial score (nSPS) is 31.9. The summed E-state index contributed by atoms with van der Waals surface area (Å²) in [4.78, 5) is 0. The van der Waals surface area contributed by atoms with Gasteiger partial charge in [-0.1, -0.05) is 6.07 Å². The topological polar surface area (TPSA) is 151 Å². The predicted octanol–water partition coefficient (Wildman–Crippen LogP) is 0.820. The fourth-order valence-electron chi connectivity index (χ4n) is 4.00. The Balaban J connectivity index is 1.68. The van der Waals surface area contributed by atoms with Crippen LogP contribution in [0.2, 0.25) is 0 Å². The number of amidine groups is 1. The molecule has 5 atom stereocenters. The number of nitrogens with zero attached hydrogens (tertiary/aromatic N) is 1. The molecule has 0 aliphatic carbocycles.